The molecular weight excluding hydrogens is 343 g/mol. The summed E-state index contributed by atoms with van der Waals surface area (Å²) in [6.45, 7) is 16.3. The molecule has 1 aromatic rings. The minimum Gasteiger partial charge on any atom is -0.443 e. The van der Waals surface area contributed by atoms with Crippen LogP contribution in [0, 0.1) is 0 Å². The summed E-state index contributed by atoms with van der Waals surface area (Å²) in [5.74, 6) is 0.568. The Morgan fingerprint density at radius 3 is 2.22 bits per heavy atom. The second-order valence-electron chi connectivity index (χ2n) is 9.02. The van der Waals surface area contributed by atoms with Gasteiger partial charge in [-0.1, -0.05) is 19.4 Å². The highest BCUT2D eigenvalue weighted by Gasteiger charge is 2.51. The first kappa shape index (κ1) is 21.7. The number of ether oxygens (including phenoxy) is 1. The molecule has 6 nitrogen and oxygen atoms in total. The molecule has 1 aliphatic heterocycles. The molecule has 7 heteroatoms. The number of anilines is 1. The van der Waals surface area contributed by atoms with Crippen LogP contribution in [0.1, 0.15) is 68.2 Å². The van der Waals surface area contributed by atoms with E-state index < -0.39 is 23.9 Å². The van der Waals surface area contributed by atoms with Gasteiger partial charge < -0.3 is 14.0 Å². The molecule has 2 rings (SSSR count). The number of aromatic nitrogens is 1. The van der Waals surface area contributed by atoms with E-state index in [1.165, 1.54) is 0 Å². The Bertz CT molecular complexity index is 637. The predicted octanol–water partition coefficient (Wildman–Crippen LogP) is 3.92. The monoisotopic (exact) mass is 376 g/mol. The van der Waals surface area contributed by atoms with Gasteiger partial charge in [0.05, 0.1) is 11.2 Å². The number of nitrogens with zero attached hydrogens (tertiary/aromatic N) is 2. The maximum absolute atomic E-state index is 12.6. The van der Waals surface area contributed by atoms with Crippen LogP contribution in [0.5, 0.6) is 0 Å². The van der Waals surface area contributed by atoms with E-state index in [2.05, 4.69) is 11.9 Å². The third kappa shape index (κ3) is 5.23. The summed E-state index contributed by atoms with van der Waals surface area (Å²) >= 11 is 0. The quantitative estimate of drug-likeness (QED) is 0.729. The van der Waals surface area contributed by atoms with Crippen molar-refractivity contribution >= 4 is 24.5 Å². The molecule has 2 heterocycles. The van der Waals surface area contributed by atoms with Gasteiger partial charge in [-0.3, -0.25) is 4.90 Å². The van der Waals surface area contributed by atoms with Crippen molar-refractivity contribution < 1.29 is 18.8 Å². The van der Waals surface area contributed by atoms with Crippen LogP contribution in [0.15, 0.2) is 18.3 Å². The highest BCUT2D eigenvalue weighted by atomic mass is 16.7. The first-order valence-electron chi connectivity index (χ1n) is 9.68. The average Bonchev–Trinajstić information content (AvgIpc) is 2.74. The fourth-order valence-corrected chi connectivity index (χ4v) is 2.61. The van der Waals surface area contributed by atoms with Crippen molar-refractivity contribution in [2.45, 2.75) is 85.0 Å². The lowest BCUT2D eigenvalue weighted by Gasteiger charge is -2.32. The Morgan fingerprint density at radius 1 is 1.19 bits per heavy atom. The van der Waals surface area contributed by atoms with Crippen LogP contribution in [0.25, 0.3) is 0 Å². The molecule has 0 N–H and O–H groups in total. The van der Waals surface area contributed by atoms with Gasteiger partial charge in [-0.15, -0.1) is 0 Å². The molecule has 1 saturated heterocycles. The number of carbonyl (C=O) groups excluding carboxylic acids is 1. The third-order valence-electron chi connectivity index (χ3n) is 4.92. The molecular formula is C20H33BN2O4. The van der Waals surface area contributed by atoms with E-state index in [1.807, 2.05) is 60.6 Å². The van der Waals surface area contributed by atoms with Gasteiger partial charge in [0.25, 0.3) is 0 Å². The van der Waals surface area contributed by atoms with Crippen LogP contribution in [-0.2, 0) is 14.0 Å². The van der Waals surface area contributed by atoms with E-state index in [1.54, 1.807) is 11.1 Å². The molecule has 0 unspecified atom stereocenters. The molecule has 0 aromatic carbocycles. The first-order chi connectivity index (χ1) is 12.4. The number of rotatable bonds is 5. The highest BCUT2D eigenvalue weighted by Crippen LogP contribution is 2.36. The number of hydrogen-bond acceptors (Lipinski definition) is 5. The van der Waals surface area contributed by atoms with Gasteiger partial charge in [0.2, 0.25) is 0 Å². The van der Waals surface area contributed by atoms with Crippen molar-refractivity contribution in [2.75, 3.05) is 11.4 Å². The molecule has 27 heavy (non-hydrogen) atoms. The standard InChI is InChI=1S/C20H33BN2O4/c1-9-10-13-23(17(24)25-18(2,3)4)16-12-11-15(14-22-16)21-26-19(5,6)20(7,8)27-21/h11-12,14H,9-10,13H2,1-8H3. The average molecular weight is 376 g/mol. The molecule has 0 atom stereocenters. The zero-order chi connectivity index (χ0) is 20.5. The van der Waals surface area contributed by atoms with Gasteiger partial charge in [-0.25, -0.2) is 9.78 Å². The maximum atomic E-state index is 12.6. The van der Waals surface area contributed by atoms with Crippen LogP contribution < -0.4 is 10.4 Å². The van der Waals surface area contributed by atoms with Crippen molar-refractivity contribution in [2.24, 2.45) is 0 Å². The Labute approximate surface area is 163 Å². The lowest BCUT2D eigenvalue weighted by atomic mass is 9.80. The van der Waals surface area contributed by atoms with E-state index >= 15 is 0 Å². The van der Waals surface area contributed by atoms with Crippen LogP contribution in [-0.4, -0.2) is 41.5 Å². The molecule has 0 radical (unpaired) electrons. The summed E-state index contributed by atoms with van der Waals surface area (Å²) in [4.78, 5) is 18.7. The molecule has 0 aliphatic carbocycles. The lowest BCUT2D eigenvalue weighted by molar-refractivity contribution is 0.00578. The Kier molecular flexibility index (Phi) is 6.27. The van der Waals surface area contributed by atoms with Crippen LogP contribution in [0.4, 0.5) is 10.6 Å². The summed E-state index contributed by atoms with van der Waals surface area (Å²) in [7, 11) is -0.470. The van der Waals surface area contributed by atoms with Gasteiger partial charge >= 0.3 is 13.2 Å². The molecule has 0 saturated carbocycles. The minimum absolute atomic E-state index is 0.383. The van der Waals surface area contributed by atoms with Crippen LogP contribution in [0.2, 0.25) is 0 Å². The SMILES string of the molecule is CCCCN(C(=O)OC(C)(C)C)c1ccc(B2OC(C)(C)C(C)(C)O2)cn1. The zero-order valence-electron chi connectivity index (χ0n) is 18.0. The number of hydrogen-bond donors (Lipinski definition) is 0. The molecule has 1 aromatic heterocycles. The van der Waals surface area contributed by atoms with Crippen molar-refractivity contribution in [3.63, 3.8) is 0 Å². The van der Waals surface area contributed by atoms with Gasteiger partial charge in [0.1, 0.15) is 11.4 Å². The summed E-state index contributed by atoms with van der Waals surface area (Å²) in [6.07, 6.45) is 3.18. The summed E-state index contributed by atoms with van der Waals surface area (Å²) < 4.78 is 17.7. The minimum atomic E-state index is -0.551. The lowest BCUT2D eigenvalue weighted by Crippen LogP contribution is -2.41. The number of unbranched alkanes of at least 4 members (excludes halogenated alkanes) is 1. The van der Waals surface area contributed by atoms with Crippen LogP contribution >= 0.6 is 0 Å². The number of pyridine rings is 1. The molecule has 0 spiro atoms. The topological polar surface area (TPSA) is 60.9 Å². The van der Waals surface area contributed by atoms with Crippen molar-refractivity contribution in [1.29, 1.82) is 0 Å². The third-order valence-corrected chi connectivity index (χ3v) is 4.92. The molecule has 1 aliphatic rings. The normalized spacial score (nSPS) is 18.4. The fraction of sp³-hybridized carbons (Fsp3) is 0.700. The maximum Gasteiger partial charge on any atom is 0.496 e. The fourth-order valence-electron chi connectivity index (χ4n) is 2.61. The molecule has 1 amide bonds. The second kappa shape index (κ2) is 7.80. The Balaban J connectivity index is 2.18. The van der Waals surface area contributed by atoms with E-state index in [4.69, 9.17) is 14.0 Å². The summed E-state index contributed by atoms with van der Waals surface area (Å²) in [5, 5.41) is 0. The van der Waals surface area contributed by atoms with Crippen molar-refractivity contribution in [1.82, 2.24) is 4.98 Å². The zero-order valence-corrected chi connectivity index (χ0v) is 18.0. The van der Waals surface area contributed by atoms with E-state index in [9.17, 15) is 4.79 Å². The van der Waals surface area contributed by atoms with Gasteiger partial charge in [-0.05, 0) is 61.0 Å². The van der Waals surface area contributed by atoms with Crippen LogP contribution in [0.3, 0.4) is 0 Å². The van der Waals surface area contributed by atoms with E-state index in [0.717, 1.165) is 18.3 Å². The van der Waals surface area contributed by atoms with E-state index in [0.29, 0.717) is 12.4 Å². The van der Waals surface area contributed by atoms with Crippen molar-refractivity contribution in [3.8, 4) is 0 Å². The van der Waals surface area contributed by atoms with E-state index in [-0.39, 0.29) is 6.09 Å². The largest absolute Gasteiger partial charge is 0.496 e. The predicted molar refractivity (Wildman–Crippen MR) is 108 cm³/mol. The van der Waals surface area contributed by atoms with Gasteiger partial charge in [0, 0.05) is 18.2 Å². The highest BCUT2D eigenvalue weighted by molar-refractivity contribution is 6.62. The first-order valence-corrected chi connectivity index (χ1v) is 9.68. The Morgan fingerprint density at radius 2 is 1.78 bits per heavy atom. The Hall–Kier alpha value is -1.60. The van der Waals surface area contributed by atoms with Gasteiger partial charge in [0.15, 0.2) is 0 Å². The van der Waals surface area contributed by atoms with Gasteiger partial charge in [-0.2, -0.15) is 0 Å². The molecule has 1 fully saturated rings. The summed E-state index contributed by atoms with van der Waals surface area (Å²) in [5.41, 5.74) is -0.526. The number of amides is 1. The number of carbonyl (C=O) groups is 1. The van der Waals surface area contributed by atoms with Crippen molar-refractivity contribution in [3.05, 3.63) is 18.3 Å². The second-order valence-corrected chi connectivity index (χ2v) is 9.02. The molecule has 0 bridgehead atoms. The summed E-state index contributed by atoms with van der Waals surface area (Å²) in [6, 6.07) is 3.72. The smallest absolute Gasteiger partial charge is 0.443 e. The molecule has 150 valence electrons.